The van der Waals surface area contributed by atoms with Crippen LogP contribution in [-0.2, 0) is 16.1 Å². The molecular formula is C19H26BrFN2O3. The highest BCUT2D eigenvalue weighted by atomic mass is 79.9. The first-order valence-corrected chi connectivity index (χ1v) is 9.21. The number of amides is 2. The second-order valence-corrected chi connectivity index (χ2v) is 7.75. The van der Waals surface area contributed by atoms with E-state index in [1.165, 1.54) is 11.0 Å². The number of benzene rings is 1. The average Bonchev–Trinajstić information content (AvgIpc) is 2.52. The minimum atomic E-state index is -0.561. The highest BCUT2D eigenvalue weighted by molar-refractivity contribution is 9.10. The Hall–Kier alpha value is -1.89. The van der Waals surface area contributed by atoms with E-state index in [2.05, 4.69) is 27.8 Å². The molecule has 0 saturated heterocycles. The number of nitrogens with zero attached hydrogens (tertiary/aromatic N) is 1. The van der Waals surface area contributed by atoms with Crippen molar-refractivity contribution in [2.45, 2.75) is 45.8 Å². The molecule has 0 bridgehead atoms. The van der Waals surface area contributed by atoms with Gasteiger partial charge in [0.2, 0.25) is 5.91 Å². The molecule has 0 fully saturated rings. The van der Waals surface area contributed by atoms with Crippen molar-refractivity contribution < 1.29 is 18.7 Å². The summed E-state index contributed by atoms with van der Waals surface area (Å²) >= 11 is 3.31. The topological polar surface area (TPSA) is 58.6 Å². The van der Waals surface area contributed by atoms with E-state index in [1.54, 1.807) is 39.0 Å². The van der Waals surface area contributed by atoms with Gasteiger partial charge in [0.25, 0.3) is 0 Å². The molecule has 1 aromatic carbocycles. The Morgan fingerprint density at radius 1 is 1.38 bits per heavy atom. The summed E-state index contributed by atoms with van der Waals surface area (Å²) in [5, 5.41) is 2.61. The summed E-state index contributed by atoms with van der Waals surface area (Å²) < 4.78 is 19.8. The predicted molar refractivity (Wildman–Crippen MR) is 103 cm³/mol. The molecule has 0 aromatic heterocycles. The van der Waals surface area contributed by atoms with E-state index in [0.717, 1.165) is 4.47 Å². The highest BCUT2D eigenvalue weighted by Crippen LogP contribution is 2.18. The third-order valence-corrected chi connectivity index (χ3v) is 3.80. The molecule has 1 rings (SSSR count). The Morgan fingerprint density at radius 3 is 2.69 bits per heavy atom. The van der Waals surface area contributed by atoms with Crippen LogP contribution in [0.5, 0.6) is 0 Å². The third kappa shape index (κ3) is 8.47. The zero-order valence-corrected chi connectivity index (χ0v) is 17.1. The molecule has 2 amide bonds. The molecule has 26 heavy (non-hydrogen) atoms. The minimum Gasteiger partial charge on any atom is -0.444 e. The Labute approximate surface area is 162 Å². The van der Waals surface area contributed by atoms with Crippen molar-refractivity contribution in [3.63, 3.8) is 0 Å². The highest BCUT2D eigenvalue weighted by Gasteiger charge is 2.17. The number of carbonyl (C=O) groups excluding carboxylic acids is 2. The third-order valence-electron chi connectivity index (χ3n) is 3.31. The van der Waals surface area contributed by atoms with Crippen LogP contribution in [0.3, 0.4) is 0 Å². The van der Waals surface area contributed by atoms with Crippen molar-refractivity contribution >= 4 is 27.9 Å². The molecule has 0 radical (unpaired) electrons. The molecule has 144 valence electrons. The van der Waals surface area contributed by atoms with Crippen LogP contribution in [-0.4, -0.2) is 35.6 Å². The predicted octanol–water partition coefficient (Wildman–Crippen LogP) is 4.41. The molecule has 0 aliphatic heterocycles. The normalized spacial score (nSPS) is 11.0. The van der Waals surface area contributed by atoms with Crippen molar-refractivity contribution in [1.29, 1.82) is 0 Å². The van der Waals surface area contributed by atoms with Gasteiger partial charge < -0.3 is 15.0 Å². The van der Waals surface area contributed by atoms with Gasteiger partial charge in [-0.3, -0.25) is 4.79 Å². The fourth-order valence-corrected chi connectivity index (χ4v) is 2.59. The Morgan fingerprint density at radius 2 is 2.08 bits per heavy atom. The van der Waals surface area contributed by atoms with Gasteiger partial charge in [-0.2, -0.15) is 0 Å². The van der Waals surface area contributed by atoms with Crippen LogP contribution in [0.15, 0.2) is 35.3 Å². The molecule has 1 N–H and O–H groups in total. The molecule has 7 heteroatoms. The fraction of sp³-hybridized carbons (Fsp3) is 0.474. The van der Waals surface area contributed by atoms with Crippen molar-refractivity contribution in [1.82, 2.24) is 10.2 Å². The number of ether oxygens (including phenoxy) is 1. The van der Waals surface area contributed by atoms with Gasteiger partial charge >= 0.3 is 6.09 Å². The Balaban J connectivity index is 2.52. The van der Waals surface area contributed by atoms with Gasteiger partial charge in [-0.05, 0) is 45.4 Å². The monoisotopic (exact) mass is 428 g/mol. The lowest BCUT2D eigenvalue weighted by Crippen LogP contribution is -2.34. The summed E-state index contributed by atoms with van der Waals surface area (Å²) in [6.07, 6.45) is 1.79. The van der Waals surface area contributed by atoms with Gasteiger partial charge in [0.15, 0.2) is 0 Å². The number of halogens is 2. The number of hydrogen-bond acceptors (Lipinski definition) is 3. The molecule has 0 aliphatic rings. The molecule has 0 atom stereocenters. The van der Waals surface area contributed by atoms with Crippen molar-refractivity contribution in [3.8, 4) is 0 Å². The van der Waals surface area contributed by atoms with Crippen LogP contribution < -0.4 is 5.32 Å². The maximum Gasteiger partial charge on any atom is 0.407 e. The van der Waals surface area contributed by atoms with Crippen molar-refractivity contribution in [2.24, 2.45) is 0 Å². The van der Waals surface area contributed by atoms with Gasteiger partial charge in [-0.15, -0.1) is 6.58 Å². The smallest absolute Gasteiger partial charge is 0.407 e. The van der Waals surface area contributed by atoms with Gasteiger partial charge in [0.05, 0.1) is 0 Å². The van der Waals surface area contributed by atoms with E-state index in [-0.39, 0.29) is 24.7 Å². The molecular weight excluding hydrogens is 403 g/mol. The molecule has 1 aromatic rings. The zero-order chi connectivity index (χ0) is 19.7. The minimum absolute atomic E-state index is 0.129. The summed E-state index contributed by atoms with van der Waals surface area (Å²) in [5.74, 6) is -0.489. The second kappa shape index (κ2) is 10.3. The molecule has 5 nitrogen and oxygen atoms in total. The quantitative estimate of drug-likeness (QED) is 0.492. The first kappa shape index (κ1) is 22.2. The van der Waals surface area contributed by atoms with Gasteiger partial charge in [-0.1, -0.05) is 22.0 Å². The Kier molecular flexibility index (Phi) is 8.78. The lowest BCUT2D eigenvalue weighted by molar-refractivity contribution is -0.131. The molecule has 0 saturated carbocycles. The number of hydrogen-bond donors (Lipinski definition) is 1. The van der Waals surface area contributed by atoms with Gasteiger partial charge in [-0.25, -0.2) is 9.18 Å². The van der Waals surface area contributed by atoms with E-state index >= 15 is 0 Å². The number of carbonyl (C=O) groups is 2. The summed E-state index contributed by atoms with van der Waals surface area (Å²) in [7, 11) is 0. The number of rotatable bonds is 8. The first-order valence-electron chi connectivity index (χ1n) is 8.42. The second-order valence-electron chi connectivity index (χ2n) is 6.83. The molecule has 0 heterocycles. The fourth-order valence-electron chi connectivity index (χ4n) is 2.18. The van der Waals surface area contributed by atoms with Crippen LogP contribution >= 0.6 is 15.9 Å². The molecule has 0 spiro atoms. The van der Waals surface area contributed by atoms with E-state index in [9.17, 15) is 14.0 Å². The van der Waals surface area contributed by atoms with Gasteiger partial charge in [0, 0.05) is 36.1 Å². The summed E-state index contributed by atoms with van der Waals surface area (Å²) in [4.78, 5) is 25.5. The first-order chi connectivity index (χ1) is 12.1. The van der Waals surface area contributed by atoms with E-state index in [1.807, 2.05) is 0 Å². The lowest BCUT2D eigenvalue weighted by atomic mass is 10.2. The summed E-state index contributed by atoms with van der Waals surface area (Å²) in [6, 6.07) is 4.63. The summed E-state index contributed by atoms with van der Waals surface area (Å²) in [6.45, 7) is 9.81. The maximum absolute atomic E-state index is 13.9. The van der Waals surface area contributed by atoms with Crippen molar-refractivity contribution in [3.05, 3.63) is 46.7 Å². The SMILES string of the molecule is C=CCN(Cc1cc(Br)ccc1F)C(=O)CCCNC(=O)OC(C)(C)C. The zero-order valence-electron chi connectivity index (χ0n) is 15.5. The van der Waals surface area contributed by atoms with E-state index in [0.29, 0.717) is 25.1 Å². The van der Waals surface area contributed by atoms with Crippen LogP contribution in [0, 0.1) is 5.82 Å². The standard InChI is InChI=1S/C19H26BrFN2O3/c1-5-11-23(13-14-12-15(20)8-9-16(14)21)17(24)7-6-10-22-18(25)26-19(2,3)4/h5,8-9,12H,1,6-7,10-11,13H2,2-4H3,(H,22,25). The van der Waals surface area contributed by atoms with Crippen LogP contribution in [0.4, 0.5) is 9.18 Å². The van der Waals surface area contributed by atoms with Gasteiger partial charge in [0.1, 0.15) is 11.4 Å². The van der Waals surface area contributed by atoms with Crippen LogP contribution in [0.2, 0.25) is 0 Å². The van der Waals surface area contributed by atoms with Crippen LogP contribution in [0.25, 0.3) is 0 Å². The van der Waals surface area contributed by atoms with E-state index < -0.39 is 11.7 Å². The van der Waals surface area contributed by atoms with Crippen molar-refractivity contribution in [2.75, 3.05) is 13.1 Å². The van der Waals surface area contributed by atoms with Crippen LogP contribution in [0.1, 0.15) is 39.2 Å². The lowest BCUT2D eigenvalue weighted by Gasteiger charge is -2.22. The maximum atomic E-state index is 13.9. The number of nitrogens with one attached hydrogen (secondary N) is 1. The Bertz CT molecular complexity index is 644. The largest absolute Gasteiger partial charge is 0.444 e. The average molecular weight is 429 g/mol. The molecule has 0 aliphatic carbocycles. The molecule has 0 unspecified atom stereocenters. The number of alkyl carbamates (subject to hydrolysis) is 1. The van der Waals surface area contributed by atoms with E-state index in [4.69, 9.17) is 4.74 Å². The summed E-state index contributed by atoms with van der Waals surface area (Å²) in [5.41, 5.74) is -0.129.